The first-order chi connectivity index (χ1) is 13.1. The largest absolute Gasteiger partial charge is 0.491 e. The van der Waals surface area contributed by atoms with Gasteiger partial charge in [-0.1, -0.05) is 25.1 Å². The summed E-state index contributed by atoms with van der Waals surface area (Å²) in [5, 5.41) is 2.96. The van der Waals surface area contributed by atoms with E-state index in [2.05, 4.69) is 29.3 Å². The summed E-state index contributed by atoms with van der Waals surface area (Å²) >= 11 is 0. The fraction of sp³-hybridized carbons (Fsp3) is 0.409. The highest BCUT2D eigenvalue weighted by molar-refractivity contribution is 6.04. The van der Waals surface area contributed by atoms with Gasteiger partial charge in [-0.15, -0.1) is 0 Å². The molecule has 1 aliphatic rings. The Hall–Kier alpha value is -2.37. The number of hydrogen-bond donors (Lipinski definition) is 1. The molecular formula is C22H28N2O3. The molecule has 27 heavy (non-hydrogen) atoms. The topological polar surface area (TPSA) is 50.8 Å². The SMILES string of the molecule is CCC(C)Oc1cccc(C(=O)Nc2ccc(CN3CCOCC3)cc2)c1. The average Bonchev–Trinajstić information content (AvgIpc) is 2.70. The summed E-state index contributed by atoms with van der Waals surface area (Å²) < 4.78 is 11.2. The molecule has 1 fully saturated rings. The summed E-state index contributed by atoms with van der Waals surface area (Å²) in [5.74, 6) is 0.586. The number of rotatable bonds is 7. The Balaban J connectivity index is 1.58. The molecule has 0 aromatic heterocycles. The maximum absolute atomic E-state index is 12.5. The van der Waals surface area contributed by atoms with Gasteiger partial charge in [-0.25, -0.2) is 0 Å². The molecule has 1 unspecified atom stereocenters. The lowest BCUT2D eigenvalue weighted by molar-refractivity contribution is 0.0342. The molecule has 0 radical (unpaired) electrons. The standard InChI is InChI=1S/C22H28N2O3/c1-3-17(2)27-21-6-4-5-19(15-21)22(25)23-20-9-7-18(8-10-20)16-24-11-13-26-14-12-24/h4-10,15,17H,3,11-14,16H2,1-2H3,(H,23,25). The van der Waals surface area contributed by atoms with Crippen molar-refractivity contribution in [3.05, 3.63) is 59.7 Å². The van der Waals surface area contributed by atoms with Crippen LogP contribution in [-0.4, -0.2) is 43.2 Å². The third-order valence-electron chi connectivity index (χ3n) is 4.73. The van der Waals surface area contributed by atoms with Crippen molar-refractivity contribution >= 4 is 11.6 Å². The maximum atomic E-state index is 12.5. The van der Waals surface area contributed by atoms with E-state index >= 15 is 0 Å². The van der Waals surface area contributed by atoms with Gasteiger partial charge < -0.3 is 14.8 Å². The molecule has 0 saturated carbocycles. The van der Waals surface area contributed by atoms with Crippen molar-refractivity contribution in [1.29, 1.82) is 0 Å². The molecule has 5 heteroatoms. The van der Waals surface area contributed by atoms with Gasteiger partial charge in [0, 0.05) is 30.9 Å². The summed E-state index contributed by atoms with van der Waals surface area (Å²) in [6.07, 6.45) is 1.05. The average molecular weight is 368 g/mol. The number of anilines is 1. The van der Waals surface area contributed by atoms with Crippen LogP contribution in [0.2, 0.25) is 0 Å². The zero-order chi connectivity index (χ0) is 19.1. The number of benzene rings is 2. The van der Waals surface area contributed by atoms with E-state index in [1.54, 1.807) is 12.1 Å². The minimum atomic E-state index is -0.134. The fourth-order valence-corrected chi connectivity index (χ4v) is 2.94. The van der Waals surface area contributed by atoms with Gasteiger partial charge in [0.2, 0.25) is 0 Å². The van der Waals surface area contributed by atoms with Crippen molar-refractivity contribution in [1.82, 2.24) is 4.90 Å². The second-order valence-electron chi connectivity index (χ2n) is 6.90. The Labute approximate surface area is 161 Å². The van der Waals surface area contributed by atoms with E-state index in [9.17, 15) is 4.79 Å². The second kappa shape index (κ2) is 9.53. The van der Waals surface area contributed by atoms with Crippen LogP contribution >= 0.6 is 0 Å². The van der Waals surface area contributed by atoms with Crippen molar-refractivity contribution < 1.29 is 14.3 Å². The van der Waals surface area contributed by atoms with Gasteiger partial charge in [-0.05, 0) is 49.2 Å². The van der Waals surface area contributed by atoms with E-state index in [1.165, 1.54) is 5.56 Å². The van der Waals surface area contributed by atoms with Crippen molar-refractivity contribution in [2.75, 3.05) is 31.6 Å². The lowest BCUT2D eigenvalue weighted by Gasteiger charge is -2.26. The molecule has 5 nitrogen and oxygen atoms in total. The molecule has 1 saturated heterocycles. The number of ether oxygens (including phenoxy) is 2. The van der Waals surface area contributed by atoms with E-state index in [0.717, 1.165) is 50.7 Å². The van der Waals surface area contributed by atoms with Crippen LogP contribution in [0.3, 0.4) is 0 Å². The summed E-state index contributed by atoms with van der Waals surface area (Å²) in [5.41, 5.74) is 2.62. The lowest BCUT2D eigenvalue weighted by Crippen LogP contribution is -2.35. The van der Waals surface area contributed by atoms with Crippen LogP contribution < -0.4 is 10.1 Å². The normalized spacial score (nSPS) is 15.9. The van der Waals surface area contributed by atoms with Gasteiger partial charge in [0.1, 0.15) is 5.75 Å². The summed E-state index contributed by atoms with van der Waals surface area (Å²) in [7, 11) is 0. The van der Waals surface area contributed by atoms with Crippen LogP contribution in [0.4, 0.5) is 5.69 Å². The molecule has 1 heterocycles. The Morgan fingerprint density at radius 1 is 1.19 bits per heavy atom. The molecule has 2 aromatic carbocycles. The summed E-state index contributed by atoms with van der Waals surface area (Å²) in [6, 6.07) is 15.3. The van der Waals surface area contributed by atoms with Crippen LogP contribution in [0, 0.1) is 0 Å². The Kier molecular flexibility index (Phi) is 6.85. The molecule has 0 bridgehead atoms. The number of amides is 1. The third-order valence-corrected chi connectivity index (χ3v) is 4.73. The number of nitrogens with one attached hydrogen (secondary N) is 1. The highest BCUT2D eigenvalue weighted by atomic mass is 16.5. The van der Waals surface area contributed by atoms with E-state index < -0.39 is 0 Å². The van der Waals surface area contributed by atoms with Gasteiger partial charge in [0.05, 0.1) is 19.3 Å². The molecule has 144 valence electrons. The first kappa shape index (κ1) is 19.4. The second-order valence-corrected chi connectivity index (χ2v) is 6.90. The van der Waals surface area contributed by atoms with E-state index in [-0.39, 0.29) is 12.0 Å². The van der Waals surface area contributed by atoms with Crippen molar-refractivity contribution in [2.24, 2.45) is 0 Å². The van der Waals surface area contributed by atoms with Crippen LogP contribution in [0.25, 0.3) is 0 Å². The highest BCUT2D eigenvalue weighted by Gasteiger charge is 2.11. The van der Waals surface area contributed by atoms with Crippen molar-refractivity contribution in [3.63, 3.8) is 0 Å². The van der Waals surface area contributed by atoms with Crippen molar-refractivity contribution in [2.45, 2.75) is 32.9 Å². The zero-order valence-electron chi connectivity index (χ0n) is 16.1. The Bertz CT molecular complexity index is 739. The van der Waals surface area contributed by atoms with Gasteiger partial charge in [-0.3, -0.25) is 9.69 Å². The van der Waals surface area contributed by atoms with Gasteiger partial charge in [0.25, 0.3) is 5.91 Å². The van der Waals surface area contributed by atoms with Crippen LogP contribution in [-0.2, 0) is 11.3 Å². The number of morpholine rings is 1. The molecular weight excluding hydrogens is 340 g/mol. The maximum Gasteiger partial charge on any atom is 0.255 e. The highest BCUT2D eigenvalue weighted by Crippen LogP contribution is 2.18. The third kappa shape index (κ3) is 5.81. The number of nitrogens with zero attached hydrogens (tertiary/aromatic N) is 1. The van der Waals surface area contributed by atoms with E-state index in [1.807, 2.05) is 31.2 Å². The molecule has 1 aliphatic heterocycles. The molecule has 3 rings (SSSR count). The Morgan fingerprint density at radius 3 is 2.63 bits per heavy atom. The molecule has 1 atom stereocenters. The molecule has 1 N–H and O–H groups in total. The first-order valence-electron chi connectivity index (χ1n) is 9.61. The fourth-order valence-electron chi connectivity index (χ4n) is 2.94. The van der Waals surface area contributed by atoms with E-state index in [0.29, 0.717) is 5.56 Å². The minimum absolute atomic E-state index is 0.127. The lowest BCUT2D eigenvalue weighted by atomic mass is 10.1. The molecule has 1 amide bonds. The van der Waals surface area contributed by atoms with Crippen LogP contribution in [0.5, 0.6) is 5.75 Å². The van der Waals surface area contributed by atoms with Crippen LogP contribution in [0.15, 0.2) is 48.5 Å². The minimum Gasteiger partial charge on any atom is -0.491 e. The summed E-state index contributed by atoms with van der Waals surface area (Å²) in [6.45, 7) is 8.53. The number of hydrogen-bond acceptors (Lipinski definition) is 4. The molecule has 2 aromatic rings. The van der Waals surface area contributed by atoms with E-state index in [4.69, 9.17) is 9.47 Å². The predicted molar refractivity (Wildman–Crippen MR) is 107 cm³/mol. The molecule has 0 aliphatic carbocycles. The smallest absolute Gasteiger partial charge is 0.255 e. The van der Waals surface area contributed by atoms with Gasteiger partial charge >= 0.3 is 0 Å². The predicted octanol–water partition coefficient (Wildman–Crippen LogP) is 3.95. The number of carbonyl (C=O) groups is 1. The van der Waals surface area contributed by atoms with Gasteiger partial charge in [0.15, 0.2) is 0 Å². The van der Waals surface area contributed by atoms with Crippen LogP contribution in [0.1, 0.15) is 36.2 Å². The van der Waals surface area contributed by atoms with Gasteiger partial charge in [-0.2, -0.15) is 0 Å². The zero-order valence-corrected chi connectivity index (χ0v) is 16.1. The Morgan fingerprint density at radius 2 is 1.93 bits per heavy atom. The monoisotopic (exact) mass is 368 g/mol. The quantitative estimate of drug-likeness (QED) is 0.804. The molecule has 0 spiro atoms. The first-order valence-corrected chi connectivity index (χ1v) is 9.61. The summed E-state index contributed by atoms with van der Waals surface area (Å²) in [4.78, 5) is 14.9. The van der Waals surface area contributed by atoms with Crippen molar-refractivity contribution in [3.8, 4) is 5.75 Å². The number of carbonyl (C=O) groups excluding carboxylic acids is 1.